The first-order valence-electron chi connectivity index (χ1n) is 24.2. The van der Waals surface area contributed by atoms with Crippen LogP contribution in [0.25, 0.3) is 39.2 Å². The Hall–Kier alpha value is -6.91. The molecule has 3 unspecified atom stereocenters. The number of carbonyl (C=O) groups excluding carboxylic acids is 5. The second kappa shape index (κ2) is 21.4. The number of nitrogens with one attached hydrogen (secondary N) is 1. The molecule has 2 saturated heterocycles. The van der Waals surface area contributed by atoms with Gasteiger partial charge in [-0.3, -0.25) is 4.79 Å². The monoisotopic (exact) mass is 961 g/mol. The second-order valence-electron chi connectivity index (χ2n) is 20.0. The van der Waals surface area contributed by atoms with Gasteiger partial charge in [0.2, 0.25) is 0 Å². The molecule has 0 spiro atoms. The van der Waals surface area contributed by atoms with Crippen LogP contribution in [0.3, 0.4) is 0 Å². The van der Waals surface area contributed by atoms with E-state index in [1.54, 1.807) is 61.6 Å². The molecule has 0 aliphatic carbocycles. The van der Waals surface area contributed by atoms with Crippen LogP contribution in [-0.4, -0.2) is 109 Å². The molecular weight excluding hydrogens is 895 g/mol. The van der Waals surface area contributed by atoms with Gasteiger partial charge in [-0.1, -0.05) is 43.2 Å². The number of nitrogens with zero attached hydrogens (tertiary/aromatic N) is 6. The van der Waals surface area contributed by atoms with E-state index in [0.29, 0.717) is 77.3 Å². The molecule has 7 rings (SSSR count). The third kappa shape index (κ3) is 11.9. The largest absolute Gasteiger partial charge is 0.494 e. The lowest BCUT2D eigenvalue weighted by atomic mass is 9.96. The zero-order valence-electron chi connectivity index (χ0n) is 42.1. The number of benzene rings is 2. The second-order valence-corrected chi connectivity index (χ2v) is 20.0. The third-order valence-corrected chi connectivity index (χ3v) is 12.4. The molecular formula is C53H67N7O10. The predicted molar refractivity (Wildman–Crippen MR) is 265 cm³/mol. The first kappa shape index (κ1) is 51.0. The molecule has 70 heavy (non-hydrogen) atoms. The van der Waals surface area contributed by atoms with Crippen LogP contribution < -0.4 is 10.1 Å². The fraction of sp³-hybridized carbons (Fsp3) is 0.491. The maximum atomic E-state index is 14.5. The molecule has 2 aliphatic rings. The molecule has 5 heterocycles. The summed E-state index contributed by atoms with van der Waals surface area (Å²) in [5.41, 5.74) is 3.76. The quantitative estimate of drug-likeness (QED) is 0.0428. The maximum absolute atomic E-state index is 14.5. The molecule has 2 aromatic carbocycles. The number of rotatable bonds is 16. The summed E-state index contributed by atoms with van der Waals surface area (Å²) < 4.78 is 31.8. The number of imidazole rings is 1. The highest BCUT2D eigenvalue weighted by molar-refractivity contribution is 6.01. The van der Waals surface area contributed by atoms with Gasteiger partial charge in [0, 0.05) is 43.2 Å². The number of amides is 4. The van der Waals surface area contributed by atoms with E-state index in [4.69, 9.17) is 33.7 Å². The number of esters is 1. The number of fused-ring (bicyclic) bond motifs is 4. The number of ether oxygens (including phenoxy) is 5. The van der Waals surface area contributed by atoms with E-state index in [2.05, 4.69) is 9.88 Å². The molecule has 2 aliphatic heterocycles. The van der Waals surface area contributed by atoms with Gasteiger partial charge in [-0.25, -0.2) is 34.0 Å². The first-order valence-corrected chi connectivity index (χ1v) is 24.2. The highest BCUT2D eigenvalue weighted by atomic mass is 16.6. The number of unbranched alkanes of at least 4 members (excludes halogenated alkanes) is 3. The zero-order chi connectivity index (χ0) is 50.5. The fourth-order valence-corrected chi connectivity index (χ4v) is 9.32. The number of imide groups is 1. The number of aromatic nitrogens is 4. The van der Waals surface area contributed by atoms with Gasteiger partial charge in [0.25, 0.3) is 5.91 Å². The summed E-state index contributed by atoms with van der Waals surface area (Å²) in [6, 6.07) is 18.5. The first-order chi connectivity index (χ1) is 33.2. The molecule has 4 amide bonds. The Bertz CT molecular complexity index is 2740. The zero-order valence-corrected chi connectivity index (χ0v) is 42.1. The molecule has 17 nitrogen and oxygen atoms in total. The predicted octanol–water partition coefficient (Wildman–Crippen LogP) is 9.97. The molecule has 3 aromatic heterocycles. The van der Waals surface area contributed by atoms with Crippen LogP contribution in [0.2, 0.25) is 0 Å². The van der Waals surface area contributed by atoms with Gasteiger partial charge in [0.15, 0.2) is 5.82 Å². The van der Waals surface area contributed by atoms with Gasteiger partial charge in [-0.2, -0.15) is 0 Å². The van der Waals surface area contributed by atoms with Crippen molar-refractivity contribution in [2.45, 2.75) is 143 Å². The molecule has 374 valence electrons. The van der Waals surface area contributed by atoms with E-state index >= 15 is 0 Å². The van der Waals surface area contributed by atoms with Crippen LogP contribution >= 0.6 is 0 Å². The Morgan fingerprint density at radius 2 is 1.56 bits per heavy atom. The van der Waals surface area contributed by atoms with Crippen LogP contribution in [0.5, 0.6) is 5.75 Å². The van der Waals surface area contributed by atoms with Crippen LogP contribution in [0.4, 0.5) is 14.4 Å². The molecule has 0 radical (unpaired) electrons. The van der Waals surface area contributed by atoms with Crippen molar-refractivity contribution in [2.75, 3.05) is 20.3 Å². The van der Waals surface area contributed by atoms with E-state index in [0.717, 1.165) is 40.8 Å². The normalized spacial score (nSPS) is 16.9. The molecule has 5 aromatic rings. The number of hydrogen-bond donors (Lipinski definition) is 1. The summed E-state index contributed by atoms with van der Waals surface area (Å²) in [6.45, 7) is 15.1. The van der Waals surface area contributed by atoms with E-state index in [-0.39, 0.29) is 43.8 Å². The lowest BCUT2D eigenvalue weighted by Gasteiger charge is -2.28. The van der Waals surface area contributed by atoms with Crippen molar-refractivity contribution in [3.8, 4) is 17.3 Å². The van der Waals surface area contributed by atoms with Crippen molar-refractivity contribution >= 4 is 57.8 Å². The van der Waals surface area contributed by atoms with Crippen molar-refractivity contribution in [1.29, 1.82) is 0 Å². The smallest absolute Gasteiger partial charge is 0.419 e. The summed E-state index contributed by atoms with van der Waals surface area (Å²) in [5, 5.41) is 3.89. The molecule has 2 bridgehead atoms. The third-order valence-electron chi connectivity index (χ3n) is 12.4. The number of pyridine rings is 1. The van der Waals surface area contributed by atoms with Crippen molar-refractivity contribution < 1.29 is 47.7 Å². The van der Waals surface area contributed by atoms with Crippen LogP contribution in [-0.2, 0) is 43.9 Å². The van der Waals surface area contributed by atoms with Gasteiger partial charge >= 0.3 is 24.2 Å². The molecule has 2 fully saturated rings. The Balaban J connectivity index is 1.13. The summed E-state index contributed by atoms with van der Waals surface area (Å²) >= 11 is 0. The lowest BCUT2D eigenvalue weighted by Crippen LogP contribution is -2.45. The van der Waals surface area contributed by atoms with Crippen molar-refractivity contribution in [3.63, 3.8) is 0 Å². The van der Waals surface area contributed by atoms with Gasteiger partial charge < -0.3 is 43.0 Å². The summed E-state index contributed by atoms with van der Waals surface area (Å²) in [7, 11) is 3.49. The number of aryl methyl sites for hydroxylation is 2. The van der Waals surface area contributed by atoms with E-state index < -0.39 is 35.5 Å². The fourth-order valence-electron chi connectivity index (χ4n) is 9.32. The Kier molecular flexibility index (Phi) is 15.6. The number of hydrogen-bond acceptors (Lipinski definition) is 12. The average Bonchev–Trinajstić information content (AvgIpc) is 4.06. The lowest BCUT2D eigenvalue weighted by molar-refractivity contribution is -0.137. The summed E-state index contributed by atoms with van der Waals surface area (Å²) in [4.78, 5) is 79.2. The van der Waals surface area contributed by atoms with Crippen LogP contribution in [0.1, 0.15) is 122 Å². The van der Waals surface area contributed by atoms with Gasteiger partial charge in [-0.15, -0.1) is 0 Å². The topological polar surface area (TPSA) is 186 Å². The summed E-state index contributed by atoms with van der Waals surface area (Å²) in [6.07, 6.45) is 4.36. The van der Waals surface area contributed by atoms with Crippen molar-refractivity contribution in [2.24, 2.45) is 7.05 Å². The highest BCUT2D eigenvalue weighted by Crippen LogP contribution is 2.41. The minimum absolute atomic E-state index is 0.0318. The Morgan fingerprint density at radius 3 is 2.23 bits per heavy atom. The molecule has 17 heteroatoms. The van der Waals surface area contributed by atoms with Crippen molar-refractivity contribution in [3.05, 3.63) is 83.6 Å². The average molecular weight is 962 g/mol. The van der Waals surface area contributed by atoms with Gasteiger partial charge in [0.1, 0.15) is 34.7 Å². The maximum Gasteiger partial charge on any atom is 0.419 e. The minimum atomic E-state index is -0.794. The number of allylic oxidation sites excluding steroid dienone is 1. The SMILES string of the molecule is CCOC(=O)/C=C(\C)c1ccc2cc(-c3nc4cc(C(=O)N5C6CCC5C(NC(=O)OCc5ccccc5)C6)cc(OC)c4n3C)n(CCCCCCN(C(=O)OC(C)(C)C)C(=O)OC(C)(C)C)c2n1. The molecule has 0 saturated carbocycles. The van der Waals surface area contributed by atoms with Crippen LogP contribution in [0.15, 0.2) is 66.7 Å². The number of carbonyl (C=O) groups is 5. The van der Waals surface area contributed by atoms with E-state index in [9.17, 15) is 24.0 Å². The van der Waals surface area contributed by atoms with E-state index in [1.807, 2.05) is 78.0 Å². The van der Waals surface area contributed by atoms with Gasteiger partial charge in [-0.05, 0) is 129 Å². The standard InChI is InChI=1S/C53H67N7O10/c1-11-67-44(61)27-33(2)38-23-21-35-29-42(58(46(35)54-38)25-17-12-13-18-26-59(50(64)69-52(3,4)5)51(65)70-53(6,7)8)47-55-40-28-36(30-43(66-10)45(40)57(47)9)48(62)60-37-22-24-41(60)39(31-37)56-49(63)68-32-34-19-15-14-16-20-34/h14-16,19-21,23,27-30,37,39,41H,11-13,17-18,22,24-26,31-32H2,1-10H3,(H,56,63)/b33-27+. The highest BCUT2D eigenvalue weighted by Gasteiger charge is 2.49. The van der Waals surface area contributed by atoms with Gasteiger partial charge in [0.05, 0.1) is 42.7 Å². The summed E-state index contributed by atoms with van der Waals surface area (Å²) in [5.74, 6) is 0.511. The number of methoxy groups -OCH3 is 1. The van der Waals surface area contributed by atoms with Crippen LogP contribution in [0, 0.1) is 0 Å². The Labute approximate surface area is 409 Å². The Morgan fingerprint density at radius 1 is 0.857 bits per heavy atom. The molecule has 1 N–H and O–H groups in total. The minimum Gasteiger partial charge on any atom is -0.494 e. The number of alkyl carbamates (subject to hydrolysis) is 1. The van der Waals surface area contributed by atoms with E-state index in [1.165, 1.54) is 6.08 Å². The molecule has 3 atom stereocenters. The van der Waals surface area contributed by atoms with Crippen molar-refractivity contribution in [1.82, 2.24) is 34.2 Å².